The van der Waals surface area contributed by atoms with E-state index in [0.717, 1.165) is 12.1 Å². The molecule has 1 rings (SSSR count). The van der Waals surface area contributed by atoms with Gasteiger partial charge in [-0.15, -0.1) is 0 Å². The molecule has 0 saturated carbocycles. The maximum Gasteiger partial charge on any atom is 0.238 e. The number of hydrogen-bond acceptors (Lipinski definition) is 3. The van der Waals surface area contributed by atoms with E-state index in [-0.39, 0.29) is 33.7 Å². The fraction of sp³-hybridized carbons (Fsp3) is 0.333. The van der Waals surface area contributed by atoms with Crippen molar-refractivity contribution in [1.29, 1.82) is 0 Å². The molecule has 17 heavy (non-hydrogen) atoms. The third-order valence-electron chi connectivity index (χ3n) is 1.82. The third-order valence-corrected chi connectivity index (χ3v) is 3.28. The van der Waals surface area contributed by atoms with E-state index in [1.165, 1.54) is 0 Å². The Balaban J connectivity index is 3.03. The van der Waals surface area contributed by atoms with Gasteiger partial charge in [-0.2, -0.15) is 0 Å². The molecule has 0 aliphatic heterocycles. The summed E-state index contributed by atoms with van der Waals surface area (Å²) >= 11 is 11.6. The predicted octanol–water partition coefficient (Wildman–Crippen LogP) is 2.38. The zero-order chi connectivity index (χ0) is 13.1. The van der Waals surface area contributed by atoms with E-state index in [4.69, 9.17) is 33.1 Å². The van der Waals surface area contributed by atoms with E-state index in [2.05, 4.69) is 0 Å². The Kier molecular flexibility index (Phi) is 5.00. The van der Waals surface area contributed by atoms with Gasteiger partial charge in [0.2, 0.25) is 10.0 Å². The monoisotopic (exact) mass is 301 g/mol. The number of alkyl halides is 1. The minimum Gasteiger partial charge on any atom is -0.490 e. The maximum absolute atomic E-state index is 11.9. The third kappa shape index (κ3) is 3.99. The molecule has 2 N–H and O–H groups in total. The fourth-order valence-electron chi connectivity index (χ4n) is 1.07. The average molecular weight is 302 g/mol. The standard InChI is InChI=1S/C9H10Cl2FNO3S/c10-7-4-6(17(13,14)15)5-8(11)9(7)16-3-1-2-12/h4-5H,1-3H2,(H2,13,14,15). The summed E-state index contributed by atoms with van der Waals surface area (Å²) in [5.74, 6) is 0.120. The van der Waals surface area contributed by atoms with Crippen molar-refractivity contribution in [2.45, 2.75) is 11.3 Å². The van der Waals surface area contributed by atoms with Crippen LogP contribution in [0, 0.1) is 0 Å². The molecule has 0 aliphatic rings. The number of rotatable bonds is 5. The molecule has 0 bridgehead atoms. The molecule has 1 aromatic rings. The summed E-state index contributed by atoms with van der Waals surface area (Å²) in [6.07, 6.45) is 0.198. The SMILES string of the molecule is NS(=O)(=O)c1cc(Cl)c(OCCCF)c(Cl)c1. The van der Waals surface area contributed by atoms with Crippen molar-refractivity contribution < 1.29 is 17.5 Å². The summed E-state index contributed by atoms with van der Waals surface area (Å²) in [6, 6.07) is 2.26. The molecule has 0 radical (unpaired) electrons. The highest BCUT2D eigenvalue weighted by atomic mass is 35.5. The van der Waals surface area contributed by atoms with Gasteiger partial charge in [0, 0.05) is 6.42 Å². The van der Waals surface area contributed by atoms with Crippen LogP contribution in [0.2, 0.25) is 10.0 Å². The molecule has 0 aliphatic carbocycles. The van der Waals surface area contributed by atoms with Crippen molar-refractivity contribution in [2.75, 3.05) is 13.3 Å². The lowest BCUT2D eigenvalue weighted by atomic mass is 10.3. The molecule has 0 saturated heterocycles. The van der Waals surface area contributed by atoms with Crippen molar-refractivity contribution in [2.24, 2.45) is 5.14 Å². The molecule has 4 nitrogen and oxygen atoms in total. The molecule has 0 heterocycles. The zero-order valence-corrected chi connectivity index (χ0v) is 10.9. The van der Waals surface area contributed by atoms with Crippen LogP contribution in [0.15, 0.2) is 17.0 Å². The Bertz CT molecular complexity index is 484. The molecule has 8 heteroatoms. The van der Waals surface area contributed by atoms with Gasteiger partial charge >= 0.3 is 0 Å². The van der Waals surface area contributed by atoms with Crippen LogP contribution in [0.3, 0.4) is 0 Å². The summed E-state index contributed by atoms with van der Waals surface area (Å²) in [5, 5.41) is 4.96. The predicted molar refractivity (Wildman–Crippen MR) is 63.9 cm³/mol. The van der Waals surface area contributed by atoms with Crippen LogP contribution in [-0.2, 0) is 10.0 Å². The first-order chi connectivity index (χ1) is 7.86. The highest BCUT2D eigenvalue weighted by Gasteiger charge is 2.15. The maximum atomic E-state index is 11.9. The van der Waals surface area contributed by atoms with Crippen molar-refractivity contribution >= 4 is 33.2 Å². The number of hydrogen-bond donors (Lipinski definition) is 1. The first-order valence-electron chi connectivity index (χ1n) is 4.57. The van der Waals surface area contributed by atoms with Crippen LogP contribution in [0.1, 0.15) is 6.42 Å². The smallest absolute Gasteiger partial charge is 0.238 e. The van der Waals surface area contributed by atoms with Gasteiger partial charge in [-0.25, -0.2) is 13.6 Å². The Morgan fingerprint density at radius 2 is 1.82 bits per heavy atom. The lowest BCUT2D eigenvalue weighted by Gasteiger charge is -2.10. The molecule has 0 spiro atoms. The largest absolute Gasteiger partial charge is 0.490 e. The highest BCUT2D eigenvalue weighted by molar-refractivity contribution is 7.89. The normalized spacial score (nSPS) is 11.5. The molecular formula is C9H10Cl2FNO3S. The second-order valence-electron chi connectivity index (χ2n) is 3.15. The van der Waals surface area contributed by atoms with Crippen molar-refractivity contribution in [1.82, 2.24) is 0 Å². The van der Waals surface area contributed by atoms with Crippen LogP contribution < -0.4 is 9.88 Å². The molecule has 0 unspecified atom stereocenters. The average Bonchev–Trinajstić information content (AvgIpc) is 2.20. The Labute approximate surface area is 109 Å². The summed E-state index contributed by atoms with van der Waals surface area (Å²) < 4.78 is 39.2. The van der Waals surface area contributed by atoms with Gasteiger partial charge < -0.3 is 4.74 Å². The Morgan fingerprint density at radius 3 is 2.24 bits per heavy atom. The quantitative estimate of drug-likeness (QED) is 0.849. The first-order valence-corrected chi connectivity index (χ1v) is 6.87. The zero-order valence-electron chi connectivity index (χ0n) is 8.62. The number of nitrogens with two attached hydrogens (primary N) is 1. The molecule has 0 aromatic heterocycles. The van der Waals surface area contributed by atoms with E-state index >= 15 is 0 Å². The number of benzene rings is 1. The fourth-order valence-corrected chi connectivity index (χ4v) is 2.36. The number of sulfonamides is 1. The summed E-state index contributed by atoms with van der Waals surface area (Å²) in [6.45, 7) is -0.421. The lowest BCUT2D eigenvalue weighted by molar-refractivity contribution is 0.290. The van der Waals surface area contributed by atoms with Crippen LogP contribution in [0.25, 0.3) is 0 Å². The second-order valence-corrected chi connectivity index (χ2v) is 5.53. The number of primary sulfonamides is 1. The Morgan fingerprint density at radius 1 is 1.29 bits per heavy atom. The molecular weight excluding hydrogens is 292 g/mol. The van der Waals surface area contributed by atoms with E-state index in [1.54, 1.807) is 0 Å². The van der Waals surface area contributed by atoms with Crippen molar-refractivity contribution in [3.8, 4) is 5.75 Å². The van der Waals surface area contributed by atoms with Gasteiger partial charge in [0.05, 0.1) is 28.2 Å². The van der Waals surface area contributed by atoms with Crippen molar-refractivity contribution in [3.63, 3.8) is 0 Å². The van der Waals surface area contributed by atoms with Crippen LogP contribution >= 0.6 is 23.2 Å². The molecule has 0 amide bonds. The van der Waals surface area contributed by atoms with E-state index < -0.39 is 16.7 Å². The number of halogens is 3. The first kappa shape index (κ1) is 14.5. The summed E-state index contributed by atoms with van der Waals surface area (Å²) in [7, 11) is -3.87. The second kappa shape index (κ2) is 5.86. The Hall–Kier alpha value is -0.560. The molecule has 0 fully saturated rings. The topological polar surface area (TPSA) is 69.4 Å². The van der Waals surface area contributed by atoms with Crippen LogP contribution in [0.5, 0.6) is 5.75 Å². The van der Waals surface area contributed by atoms with Gasteiger partial charge in [0.15, 0.2) is 5.75 Å². The number of ether oxygens (including phenoxy) is 1. The minimum absolute atomic E-state index is 0.0142. The van der Waals surface area contributed by atoms with Gasteiger partial charge in [0.25, 0.3) is 0 Å². The van der Waals surface area contributed by atoms with Gasteiger partial charge in [-0.3, -0.25) is 4.39 Å². The van der Waals surface area contributed by atoms with E-state index in [1.807, 2.05) is 0 Å². The van der Waals surface area contributed by atoms with Crippen LogP contribution in [0.4, 0.5) is 4.39 Å². The van der Waals surface area contributed by atoms with Gasteiger partial charge in [-0.05, 0) is 12.1 Å². The minimum atomic E-state index is -3.87. The molecule has 1 aromatic carbocycles. The van der Waals surface area contributed by atoms with Gasteiger partial charge in [-0.1, -0.05) is 23.2 Å². The molecule has 0 atom stereocenters. The summed E-state index contributed by atoms with van der Waals surface area (Å²) in [4.78, 5) is -0.203. The van der Waals surface area contributed by atoms with Crippen molar-refractivity contribution in [3.05, 3.63) is 22.2 Å². The van der Waals surface area contributed by atoms with E-state index in [0.29, 0.717) is 0 Å². The highest BCUT2D eigenvalue weighted by Crippen LogP contribution is 2.35. The summed E-state index contributed by atoms with van der Waals surface area (Å²) in [5.41, 5.74) is 0. The lowest BCUT2D eigenvalue weighted by Crippen LogP contribution is -2.12. The van der Waals surface area contributed by atoms with Gasteiger partial charge in [0.1, 0.15) is 0 Å². The van der Waals surface area contributed by atoms with Crippen LogP contribution in [-0.4, -0.2) is 21.7 Å². The van der Waals surface area contributed by atoms with E-state index in [9.17, 15) is 12.8 Å². The molecule has 96 valence electrons.